The lowest BCUT2D eigenvalue weighted by molar-refractivity contribution is 0.250. The van der Waals surface area contributed by atoms with Gasteiger partial charge < -0.3 is 4.57 Å². The number of rotatable bonds is 5. The second kappa shape index (κ2) is 6.26. The van der Waals surface area contributed by atoms with Crippen LogP contribution in [0.15, 0.2) is 35.4 Å². The normalized spacial score (nSPS) is 16.5. The van der Waals surface area contributed by atoms with Gasteiger partial charge >= 0.3 is 0 Å². The predicted molar refractivity (Wildman–Crippen MR) is 90.2 cm³/mol. The molecule has 1 saturated heterocycles. The van der Waals surface area contributed by atoms with Gasteiger partial charge in [0.05, 0.1) is 5.02 Å². The van der Waals surface area contributed by atoms with Gasteiger partial charge in [-0.15, -0.1) is 0 Å². The molecule has 0 aliphatic carbocycles. The van der Waals surface area contributed by atoms with Crippen LogP contribution in [0.5, 0.6) is 0 Å². The average molecular weight is 354 g/mol. The minimum absolute atomic E-state index is 0.146. The molecule has 124 valence electrons. The van der Waals surface area contributed by atoms with E-state index < -0.39 is 10.0 Å². The standard InChI is InChI=1S/C16H20ClN3O2S/c1-3-8-20-12(2)9-18-16(20)13-10-19(11-13)23(21,22)15-7-5-4-6-14(15)17/h4-7,9,13H,3,8,10-11H2,1-2H3. The van der Waals surface area contributed by atoms with E-state index in [1.165, 1.54) is 4.31 Å². The number of hydrogen-bond donors (Lipinski definition) is 0. The van der Waals surface area contributed by atoms with E-state index >= 15 is 0 Å². The Morgan fingerprint density at radius 3 is 2.65 bits per heavy atom. The molecule has 0 bridgehead atoms. The molecule has 0 unspecified atom stereocenters. The largest absolute Gasteiger partial charge is 0.332 e. The van der Waals surface area contributed by atoms with E-state index in [9.17, 15) is 8.42 Å². The van der Waals surface area contributed by atoms with E-state index in [4.69, 9.17) is 11.6 Å². The highest BCUT2D eigenvalue weighted by molar-refractivity contribution is 7.89. The highest BCUT2D eigenvalue weighted by Gasteiger charge is 2.40. The zero-order chi connectivity index (χ0) is 16.6. The van der Waals surface area contributed by atoms with Crippen LogP contribution < -0.4 is 0 Å². The summed E-state index contributed by atoms with van der Waals surface area (Å²) in [7, 11) is -3.53. The topological polar surface area (TPSA) is 55.2 Å². The molecule has 0 spiro atoms. The van der Waals surface area contributed by atoms with Crippen LogP contribution in [0, 0.1) is 6.92 Å². The molecule has 0 atom stereocenters. The minimum atomic E-state index is -3.53. The van der Waals surface area contributed by atoms with Crippen molar-refractivity contribution in [3.63, 3.8) is 0 Å². The number of hydrogen-bond acceptors (Lipinski definition) is 3. The third-order valence-corrected chi connectivity index (χ3v) is 6.53. The van der Waals surface area contributed by atoms with Gasteiger partial charge in [-0.05, 0) is 25.5 Å². The molecule has 2 heterocycles. The van der Waals surface area contributed by atoms with Gasteiger partial charge in [0.25, 0.3) is 0 Å². The summed E-state index contributed by atoms with van der Waals surface area (Å²) in [5.41, 5.74) is 1.12. The van der Waals surface area contributed by atoms with E-state index in [0.717, 1.165) is 24.5 Å². The van der Waals surface area contributed by atoms with E-state index in [1.807, 2.05) is 13.1 Å². The monoisotopic (exact) mass is 353 g/mol. The summed E-state index contributed by atoms with van der Waals surface area (Å²) in [5, 5.41) is 0.263. The third kappa shape index (κ3) is 2.91. The quantitative estimate of drug-likeness (QED) is 0.830. The molecule has 2 aromatic rings. The van der Waals surface area contributed by atoms with Gasteiger partial charge in [0.2, 0.25) is 10.0 Å². The lowest BCUT2D eigenvalue weighted by Crippen LogP contribution is -2.49. The van der Waals surface area contributed by atoms with Crippen molar-refractivity contribution < 1.29 is 8.42 Å². The Kier molecular flexibility index (Phi) is 4.49. The van der Waals surface area contributed by atoms with Gasteiger partial charge in [-0.2, -0.15) is 4.31 Å². The molecule has 1 aromatic carbocycles. The SMILES string of the molecule is CCCn1c(C)cnc1C1CN(S(=O)(=O)c2ccccc2Cl)C1. The predicted octanol–water partition coefficient (Wildman–Crippen LogP) is 3.04. The van der Waals surface area contributed by atoms with Crippen LogP contribution in [0.1, 0.15) is 30.8 Å². The number of benzene rings is 1. The number of halogens is 1. The first kappa shape index (κ1) is 16.5. The summed E-state index contributed by atoms with van der Waals surface area (Å²) in [4.78, 5) is 4.65. The first-order chi connectivity index (χ1) is 10.9. The number of aromatic nitrogens is 2. The Balaban J connectivity index is 1.78. The maximum absolute atomic E-state index is 12.6. The summed E-state index contributed by atoms with van der Waals surface area (Å²) >= 11 is 6.03. The zero-order valence-corrected chi connectivity index (χ0v) is 14.8. The summed E-state index contributed by atoms with van der Waals surface area (Å²) < 4.78 is 28.9. The summed E-state index contributed by atoms with van der Waals surface area (Å²) in [6, 6.07) is 6.56. The molecule has 0 radical (unpaired) electrons. The van der Waals surface area contributed by atoms with Crippen molar-refractivity contribution >= 4 is 21.6 Å². The van der Waals surface area contributed by atoms with Gasteiger partial charge in [0.1, 0.15) is 10.7 Å². The minimum Gasteiger partial charge on any atom is -0.332 e. The molecule has 1 aliphatic rings. The lowest BCUT2D eigenvalue weighted by atomic mass is 10.0. The van der Waals surface area contributed by atoms with Gasteiger partial charge in [-0.1, -0.05) is 30.7 Å². The molecule has 7 heteroatoms. The van der Waals surface area contributed by atoms with Crippen molar-refractivity contribution in [2.75, 3.05) is 13.1 Å². The highest BCUT2D eigenvalue weighted by atomic mass is 35.5. The van der Waals surface area contributed by atoms with Crippen LogP contribution >= 0.6 is 11.6 Å². The van der Waals surface area contributed by atoms with Crippen LogP contribution in [0.2, 0.25) is 5.02 Å². The van der Waals surface area contributed by atoms with Gasteiger partial charge in [0, 0.05) is 37.4 Å². The molecule has 5 nitrogen and oxygen atoms in total. The van der Waals surface area contributed by atoms with E-state index in [0.29, 0.717) is 13.1 Å². The number of nitrogens with zero attached hydrogens (tertiary/aromatic N) is 3. The van der Waals surface area contributed by atoms with E-state index in [1.54, 1.807) is 24.3 Å². The molecule has 1 aliphatic heterocycles. The molecule has 0 amide bonds. The molecule has 1 fully saturated rings. The summed E-state index contributed by atoms with van der Waals surface area (Å²) in [5.74, 6) is 1.13. The number of aryl methyl sites for hydroxylation is 1. The van der Waals surface area contributed by atoms with Gasteiger partial charge in [-0.3, -0.25) is 0 Å². The van der Waals surface area contributed by atoms with Crippen LogP contribution in [0.3, 0.4) is 0 Å². The first-order valence-electron chi connectivity index (χ1n) is 7.72. The number of imidazole rings is 1. The fourth-order valence-corrected chi connectivity index (χ4v) is 4.93. The molecule has 0 saturated carbocycles. The van der Waals surface area contributed by atoms with Crippen LogP contribution in [0.4, 0.5) is 0 Å². The number of sulfonamides is 1. The Morgan fingerprint density at radius 2 is 2.00 bits per heavy atom. The van der Waals surface area contributed by atoms with Crippen LogP contribution in [-0.2, 0) is 16.6 Å². The van der Waals surface area contributed by atoms with Crippen LogP contribution in [0.25, 0.3) is 0 Å². The van der Waals surface area contributed by atoms with Crippen molar-refractivity contribution in [3.8, 4) is 0 Å². The Morgan fingerprint density at radius 1 is 1.30 bits per heavy atom. The average Bonchev–Trinajstić information content (AvgIpc) is 2.80. The van der Waals surface area contributed by atoms with Crippen molar-refractivity contribution in [2.24, 2.45) is 0 Å². The Hall–Kier alpha value is -1.37. The fraction of sp³-hybridized carbons (Fsp3) is 0.438. The molecule has 23 heavy (non-hydrogen) atoms. The van der Waals surface area contributed by atoms with Crippen molar-refractivity contribution in [1.29, 1.82) is 0 Å². The Labute approximate surface area is 141 Å². The van der Waals surface area contributed by atoms with Gasteiger partial charge in [-0.25, -0.2) is 13.4 Å². The Bertz CT molecular complexity index is 810. The molecule has 1 aromatic heterocycles. The smallest absolute Gasteiger partial charge is 0.244 e. The second-order valence-electron chi connectivity index (χ2n) is 5.86. The maximum atomic E-state index is 12.6. The summed E-state index contributed by atoms with van der Waals surface area (Å²) in [6.45, 7) is 5.97. The summed E-state index contributed by atoms with van der Waals surface area (Å²) in [6.07, 6.45) is 2.88. The molecular formula is C16H20ClN3O2S. The van der Waals surface area contributed by atoms with E-state index in [-0.39, 0.29) is 15.8 Å². The van der Waals surface area contributed by atoms with E-state index in [2.05, 4.69) is 16.5 Å². The van der Waals surface area contributed by atoms with Crippen LogP contribution in [-0.4, -0.2) is 35.4 Å². The maximum Gasteiger partial charge on any atom is 0.244 e. The first-order valence-corrected chi connectivity index (χ1v) is 9.53. The third-order valence-electron chi connectivity index (χ3n) is 4.20. The second-order valence-corrected chi connectivity index (χ2v) is 8.17. The van der Waals surface area contributed by atoms with Gasteiger partial charge in [0.15, 0.2) is 0 Å². The van der Waals surface area contributed by atoms with Crippen molar-refractivity contribution in [3.05, 3.63) is 47.0 Å². The van der Waals surface area contributed by atoms with Crippen molar-refractivity contribution in [2.45, 2.75) is 37.6 Å². The highest BCUT2D eigenvalue weighted by Crippen LogP contribution is 2.33. The fourth-order valence-electron chi connectivity index (χ4n) is 2.91. The lowest BCUT2D eigenvalue weighted by Gasteiger charge is -2.38. The molecule has 0 N–H and O–H groups in total. The molecular weight excluding hydrogens is 334 g/mol. The molecule has 3 rings (SSSR count). The van der Waals surface area contributed by atoms with Crippen molar-refractivity contribution in [1.82, 2.24) is 13.9 Å². The zero-order valence-electron chi connectivity index (χ0n) is 13.2.